The van der Waals surface area contributed by atoms with Crippen LogP contribution in [0.2, 0.25) is 0 Å². The molecular formula is C16H19FN2O3. The summed E-state index contributed by atoms with van der Waals surface area (Å²) >= 11 is 0. The molecule has 0 radical (unpaired) electrons. The van der Waals surface area contributed by atoms with E-state index in [0.717, 1.165) is 0 Å². The molecule has 2 aliphatic rings. The number of rotatable bonds is 1. The zero-order valence-corrected chi connectivity index (χ0v) is 12.9. The number of fused-ring (bicyclic) bond motifs is 1. The highest BCUT2D eigenvalue weighted by atomic mass is 19.1. The van der Waals surface area contributed by atoms with E-state index in [1.165, 1.54) is 4.90 Å². The van der Waals surface area contributed by atoms with E-state index in [1.54, 1.807) is 19.1 Å². The minimum absolute atomic E-state index is 0.0773. The van der Waals surface area contributed by atoms with Gasteiger partial charge in [0.25, 0.3) is 5.91 Å². The molecule has 3 amide bonds. The predicted molar refractivity (Wildman–Crippen MR) is 78.5 cm³/mol. The minimum Gasteiger partial charge on any atom is -0.322 e. The van der Waals surface area contributed by atoms with Crippen LogP contribution >= 0.6 is 0 Å². The smallest absolute Gasteiger partial charge is 0.255 e. The van der Waals surface area contributed by atoms with Crippen molar-refractivity contribution in [2.75, 3.05) is 0 Å². The van der Waals surface area contributed by atoms with Crippen LogP contribution in [0.5, 0.6) is 0 Å². The third kappa shape index (κ3) is 2.61. The fourth-order valence-electron chi connectivity index (χ4n) is 2.72. The number of amides is 3. The molecule has 1 fully saturated rings. The molecule has 6 heteroatoms. The Bertz CT molecular complexity index is 643. The quantitative estimate of drug-likeness (QED) is 0.806. The molecule has 1 unspecified atom stereocenters. The molecule has 118 valence electrons. The van der Waals surface area contributed by atoms with Crippen molar-refractivity contribution in [3.05, 3.63) is 34.6 Å². The van der Waals surface area contributed by atoms with Gasteiger partial charge in [-0.3, -0.25) is 19.7 Å². The molecule has 0 aliphatic carbocycles. The lowest BCUT2D eigenvalue weighted by Crippen LogP contribution is -2.52. The van der Waals surface area contributed by atoms with Crippen LogP contribution in [0.1, 0.15) is 48.2 Å². The first-order valence-electron chi connectivity index (χ1n) is 7.41. The van der Waals surface area contributed by atoms with Crippen LogP contribution in [0.4, 0.5) is 4.39 Å². The van der Waals surface area contributed by atoms with E-state index < -0.39 is 17.8 Å². The molecule has 1 aromatic carbocycles. The summed E-state index contributed by atoms with van der Waals surface area (Å²) in [5.41, 5.74) is 1.11. The molecule has 22 heavy (non-hydrogen) atoms. The first kappa shape index (κ1) is 16.1. The Hall–Kier alpha value is -2.24. The Morgan fingerprint density at radius 1 is 1.23 bits per heavy atom. The highest BCUT2D eigenvalue weighted by molar-refractivity contribution is 6.05. The standard InChI is InChI=1S/C14H13FN2O3.C2H6/c1-7-2-3-8-9(12(7)15)6-17(14(8)20)10-4-5-11(18)16-13(10)19;1-2/h2-3,10H,4-6H2,1H3,(H,16,18,19);1-2H3. The Morgan fingerprint density at radius 3 is 2.55 bits per heavy atom. The van der Waals surface area contributed by atoms with Crippen LogP contribution in [0.3, 0.4) is 0 Å². The summed E-state index contributed by atoms with van der Waals surface area (Å²) in [5.74, 6) is -1.57. The number of nitrogens with zero attached hydrogens (tertiary/aromatic N) is 1. The topological polar surface area (TPSA) is 66.5 Å². The number of carbonyl (C=O) groups is 3. The highest BCUT2D eigenvalue weighted by Crippen LogP contribution is 2.30. The summed E-state index contributed by atoms with van der Waals surface area (Å²) in [6.07, 6.45) is 0.475. The van der Waals surface area contributed by atoms with Gasteiger partial charge in [0.1, 0.15) is 11.9 Å². The summed E-state index contributed by atoms with van der Waals surface area (Å²) in [7, 11) is 0. The van der Waals surface area contributed by atoms with Crippen molar-refractivity contribution in [1.82, 2.24) is 10.2 Å². The molecule has 1 aromatic rings. The molecule has 3 rings (SSSR count). The maximum atomic E-state index is 14.0. The minimum atomic E-state index is -0.702. The van der Waals surface area contributed by atoms with Gasteiger partial charge in [-0.1, -0.05) is 19.9 Å². The number of nitrogens with one attached hydrogen (secondary N) is 1. The maximum absolute atomic E-state index is 14.0. The van der Waals surface area contributed by atoms with Gasteiger partial charge in [-0.2, -0.15) is 0 Å². The molecule has 5 nitrogen and oxygen atoms in total. The first-order valence-corrected chi connectivity index (χ1v) is 7.41. The summed E-state index contributed by atoms with van der Waals surface area (Å²) < 4.78 is 14.0. The van der Waals surface area contributed by atoms with Crippen LogP contribution in [-0.4, -0.2) is 28.7 Å². The average Bonchev–Trinajstić information content (AvgIpc) is 2.83. The first-order chi connectivity index (χ1) is 10.5. The number of benzene rings is 1. The fourth-order valence-corrected chi connectivity index (χ4v) is 2.72. The van der Waals surface area contributed by atoms with Gasteiger partial charge in [-0.15, -0.1) is 0 Å². The number of piperidine rings is 1. The molecule has 2 aliphatic heterocycles. The average molecular weight is 306 g/mol. The molecule has 0 spiro atoms. The van der Waals surface area contributed by atoms with Crippen molar-refractivity contribution in [2.24, 2.45) is 0 Å². The number of hydrogen-bond donors (Lipinski definition) is 1. The van der Waals surface area contributed by atoms with E-state index in [0.29, 0.717) is 16.7 Å². The van der Waals surface area contributed by atoms with Crippen LogP contribution in [0.25, 0.3) is 0 Å². The molecule has 0 aromatic heterocycles. The van der Waals surface area contributed by atoms with Crippen molar-refractivity contribution in [2.45, 2.75) is 46.2 Å². The SMILES string of the molecule is CC.Cc1ccc2c(c1F)CN(C1CCC(=O)NC1=O)C2=O. The number of hydrogen-bond acceptors (Lipinski definition) is 3. The Kier molecular flexibility index (Phi) is 4.59. The van der Waals surface area contributed by atoms with E-state index in [9.17, 15) is 18.8 Å². The van der Waals surface area contributed by atoms with Crippen molar-refractivity contribution in [1.29, 1.82) is 0 Å². The van der Waals surface area contributed by atoms with Crippen LogP contribution in [0, 0.1) is 12.7 Å². The fraction of sp³-hybridized carbons (Fsp3) is 0.438. The van der Waals surface area contributed by atoms with Gasteiger partial charge < -0.3 is 4.90 Å². The van der Waals surface area contributed by atoms with E-state index in [4.69, 9.17) is 0 Å². The van der Waals surface area contributed by atoms with Crippen molar-refractivity contribution in [3.8, 4) is 0 Å². The molecule has 0 saturated carbocycles. The third-order valence-electron chi connectivity index (χ3n) is 3.84. The van der Waals surface area contributed by atoms with E-state index in [2.05, 4.69) is 5.32 Å². The van der Waals surface area contributed by atoms with Gasteiger partial charge in [0, 0.05) is 17.5 Å². The summed E-state index contributed by atoms with van der Waals surface area (Å²) in [6, 6.07) is 2.44. The van der Waals surface area contributed by atoms with Crippen LogP contribution < -0.4 is 5.32 Å². The lowest BCUT2D eigenvalue weighted by atomic mass is 10.0. The number of halogens is 1. The monoisotopic (exact) mass is 306 g/mol. The van der Waals surface area contributed by atoms with Gasteiger partial charge in [0.15, 0.2) is 0 Å². The van der Waals surface area contributed by atoms with E-state index in [-0.39, 0.29) is 31.2 Å². The van der Waals surface area contributed by atoms with Gasteiger partial charge in [-0.25, -0.2) is 4.39 Å². The number of carbonyl (C=O) groups excluding carboxylic acids is 3. The van der Waals surface area contributed by atoms with E-state index in [1.807, 2.05) is 13.8 Å². The van der Waals surface area contributed by atoms with E-state index >= 15 is 0 Å². The van der Waals surface area contributed by atoms with Crippen LogP contribution in [0.15, 0.2) is 12.1 Å². The van der Waals surface area contributed by atoms with Crippen LogP contribution in [-0.2, 0) is 16.1 Å². The largest absolute Gasteiger partial charge is 0.322 e. The maximum Gasteiger partial charge on any atom is 0.255 e. The molecular weight excluding hydrogens is 287 g/mol. The normalized spacial score (nSPS) is 20.3. The Labute approximate surface area is 128 Å². The molecule has 2 heterocycles. The van der Waals surface area contributed by atoms with Crippen molar-refractivity contribution < 1.29 is 18.8 Å². The lowest BCUT2D eigenvalue weighted by molar-refractivity contribution is -0.136. The second-order valence-corrected chi connectivity index (χ2v) is 5.12. The van der Waals surface area contributed by atoms with Gasteiger partial charge in [-0.05, 0) is 25.0 Å². The number of imide groups is 1. The molecule has 1 atom stereocenters. The highest BCUT2D eigenvalue weighted by Gasteiger charge is 2.40. The summed E-state index contributed by atoms with van der Waals surface area (Å²) in [4.78, 5) is 36.6. The zero-order chi connectivity index (χ0) is 16.4. The summed E-state index contributed by atoms with van der Waals surface area (Å²) in [5, 5.41) is 2.21. The van der Waals surface area contributed by atoms with Gasteiger partial charge in [0.05, 0.1) is 6.54 Å². The Balaban J connectivity index is 0.000000847. The zero-order valence-electron chi connectivity index (χ0n) is 12.9. The summed E-state index contributed by atoms with van der Waals surface area (Å²) in [6.45, 7) is 5.71. The third-order valence-corrected chi connectivity index (χ3v) is 3.84. The van der Waals surface area contributed by atoms with Gasteiger partial charge in [0.2, 0.25) is 11.8 Å². The lowest BCUT2D eigenvalue weighted by Gasteiger charge is -2.29. The predicted octanol–water partition coefficient (Wildman–Crippen LogP) is 1.92. The van der Waals surface area contributed by atoms with Crippen molar-refractivity contribution in [3.63, 3.8) is 0 Å². The second-order valence-electron chi connectivity index (χ2n) is 5.12. The second kappa shape index (κ2) is 6.25. The Morgan fingerprint density at radius 2 is 1.91 bits per heavy atom. The number of aryl methyl sites for hydroxylation is 1. The van der Waals surface area contributed by atoms with Crippen molar-refractivity contribution >= 4 is 17.7 Å². The molecule has 1 N–H and O–H groups in total. The van der Waals surface area contributed by atoms with Gasteiger partial charge >= 0.3 is 0 Å². The molecule has 0 bridgehead atoms. The molecule has 1 saturated heterocycles.